The predicted octanol–water partition coefficient (Wildman–Crippen LogP) is 3.09. The van der Waals surface area contributed by atoms with Crippen molar-refractivity contribution in [2.45, 2.75) is 6.42 Å². The Morgan fingerprint density at radius 1 is 1.36 bits per heavy atom. The van der Waals surface area contributed by atoms with Gasteiger partial charge in [0.05, 0.1) is 0 Å². The lowest BCUT2D eigenvalue weighted by molar-refractivity contribution is 0.474. The third-order valence-corrected chi connectivity index (χ3v) is 2.56. The van der Waals surface area contributed by atoms with Crippen LogP contribution in [-0.4, -0.2) is 10.4 Å². The molecule has 0 unspecified atom stereocenters. The fourth-order valence-corrected chi connectivity index (χ4v) is 1.73. The average Bonchev–Trinajstić information content (AvgIpc) is 1.98. The van der Waals surface area contributed by atoms with Crippen LogP contribution in [0, 0.1) is 0 Å². The molecule has 1 rings (SSSR count). The van der Waals surface area contributed by atoms with E-state index >= 15 is 0 Å². The summed E-state index contributed by atoms with van der Waals surface area (Å²) >= 11 is 6.74. The summed E-state index contributed by atoms with van der Waals surface area (Å²) in [6.07, 6.45) is 0.926. The molecule has 0 aliphatic rings. The Kier molecular flexibility index (Phi) is 3.40. The average molecular weight is 280 g/mol. The summed E-state index contributed by atoms with van der Waals surface area (Å²) in [6.45, 7) is 0. The molecule has 0 saturated heterocycles. The normalized spacial score (nSPS) is 10.0. The summed E-state index contributed by atoms with van der Waals surface area (Å²) in [5, 5.41) is 10.0. The zero-order chi connectivity index (χ0) is 8.27. The van der Waals surface area contributed by atoms with Crippen molar-refractivity contribution in [2.75, 3.05) is 5.33 Å². The lowest BCUT2D eigenvalue weighted by Gasteiger charge is -2.01. The van der Waals surface area contributed by atoms with Crippen LogP contribution in [-0.2, 0) is 6.42 Å². The monoisotopic (exact) mass is 278 g/mol. The summed E-state index contributed by atoms with van der Waals surface area (Å²) in [6, 6.07) is 5.29. The van der Waals surface area contributed by atoms with Gasteiger partial charge in [-0.2, -0.15) is 0 Å². The van der Waals surface area contributed by atoms with Crippen molar-refractivity contribution in [1.29, 1.82) is 0 Å². The highest BCUT2D eigenvalue weighted by atomic mass is 79.9. The van der Waals surface area contributed by atoms with Crippen LogP contribution in [0.3, 0.4) is 0 Å². The number of alkyl halides is 1. The van der Waals surface area contributed by atoms with Crippen LogP contribution < -0.4 is 0 Å². The van der Waals surface area contributed by atoms with Crippen LogP contribution >= 0.6 is 31.9 Å². The molecule has 0 spiro atoms. The largest absolute Gasteiger partial charge is 0.508 e. The molecule has 11 heavy (non-hydrogen) atoms. The summed E-state index contributed by atoms with van der Waals surface area (Å²) in [5.41, 5.74) is 1.13. The Morgan fingerprint density at radius 2 is 2.09 bits per heavy atom. The molecule has 1 N–H and O–H groups in total. The molecule has 0 aromatic heterocycles. The van der Waals surface area contributed by atoms with Gasteiger partial charge >= 0.3 is 0 Å². The van der Waals surface area contributed by atoms with Gasteiger partial charge in [0.1, 0.15) is 5.75 Å². The minimum Gasteiger partial charge on any atom is -0.508 e. The van der Waals surface area contributed by atoms with Crippen molar-refractivity contribution < 1.29 is 5.11 Å². The zero-order valence-corrected chi connectivity index (χ0v) is 9.02. The zero-order valence-electron chi connectivity index (χ0n) is 5.85. The number of phenols is 1. The van der Waals surface area contributed by atoms with Gasteiger partial charge < -0.3 is 5.11 Å². The highest BCUT2D eigenvalue weighted by Gasteiger charge is 1.99. The van der Waals surface area contributed by atoms with Gasteiger partial charge in [0.2, 0.25) is 0 Å². The Balaban J connectivity index is 2.93. The third-order valence-electron chi connectivity index (χ3n) is 1.39. The predicted molar refractivity (Wildman–Crippen MR) is 53.3 cm³/mol. The van der Waals surface area contributed by atoms with Crippen LogP contribution in [0.5, 0.6) is 5.75 Å². The number of hydrogen-bond donors (Lipinski definition) is 1. The van der Waals surface area contributed by atoms with E-state index in [4.69, 9.17) is 5.11 Å². The number of rotatable bonds is 2. The van der Waals surface area contributed by atoms with E-state index in [-0.39, 0.29) is 0 Å². The molecule has 0 amide bonds. The van der Waals surface area contributed by atoms with Crippen LogP contribution in [0.15, 0.2) is 22.7 Å². The van der Waals surface area contributed by atoms with Crippen molar-refractivity contribution in [3.63, 3.8) is 0 Å². The van der Waals surface area contributed by atoms with E-state index in [1.54, 1.807) is 12.1 Å². The van der Waals surface area contributed by atoms with Gasteiger partial charge in [-0.25, -0.2) is 0 Å². The fraction of sp³-hybridized carbons (Fsp3) is 0.250. The second-order valence-corrected chi connectivity index (χ2v) is 3.86. The molecule has 0 aliphatic carbocycles. The molecule has 1 nitrogen and oxygen atoms in total. The first kappa shape index (κ1) is 9.07. The smallest absolute Gasteiger partial charge is 0.115 e. The van der Waals surface area contributed by atoms with E-state index in [0.29, 0.717) is 5.75 Å². The standard InChI is InChI=1S/C8H8Br2O/c9-4-3-6-5-7(11)1-2-8(6)10/h1-2,5,11H,3-4H2. The van der Waals surface area contributed by atoms with Crippen LogP contribution in [0.1, 0.15) is 5.56 Å². The maximum absolute atomic E-state index is 9.13. The van der Waals surface area contributed by atoms with E-state index in [9.17, 15) is 0 Å². The number of phenolic OH excluding ortho intramolecular Hbond substituents is 1. The molecule has 0 fully saturated rings. The van der Waals surface area contributed by atoms with E-state index < -0.39 is 0 Å². The molecule has 60 valence electrons. The van der Waals surface area contributed by atoms with Crippen LogP contribution in [0.2, 0.25) is 0 Å². The molecule has 0 aliphatic heterocycles. The third kappa shape index (κ3) is 2.49. The summed E-state index contributed by atoms with van der Waals surface area (Å²) in [5.74, 6) is 0.323. The van der Waals surface area contributed by atoms with Crippen LogP contribution in [0.4, 0.5) is 0 Å². The van der Waals surface area contributed by atoms with Gasteiger partial charge in [0.15, 0.2) is 0 Å². The number of halogens is 2. The first-order chi connectivity index (χ1) is 5.24. The van der Waals surface area contributed by atoms with E-state index in [1.807, 2.05) is 6.07 Å². The summed E-state index contributed by atoms with van der Waals surface area (Å²) < 4.78 is 1.05. The van der Waals surface area contributed by atoms with Crippen molar-refractivity contribution in [1.82, 2.24) is 0 Å². The molecule has 0 radical (unpaired) electrons. The lowest BCUT2D eigenvalue weighted by Crippen LogP contribution is -1.86. The SMILES string of the molecule is Oc1ccc(Br)c(CCBr)c1. The Labute approximate surface area is 82.7 Å². The van der Waals surface area contributed by atoms with Gasteiger partial charge in [-0.1, -0.05) is 31.9 Å². The topological polar surface area (TPSA) is 20.2 Å². The first-order valence-corrected chi connectivity index (χ1v) is 5.19. The molecule has 0 atom stereocenters. The molecule has 3 heteroatoms. The second-order valence-electron chi connectivity index (χ2n) is 2.21. The van der Waals surface area contributed by atoms with Crippen molar-refractivity contribution >= 4 is 31.9 Å². The Morgan fingerprint density at radius 3 is 2.73 bits per heavy atom. The van der Waals surface area contributed by atoms with Gasteiger partial charge in [-0.05, 0) is 30.2 Å². The highest BCUT2D eigenvalue weighted by Crippen LogP contribution is 2.22. The molecular formula is C8H8Br2O. The number of aromatic hydroxyl groups is 1. The Hall–Kier alpha value is -0.0200. The van der Waals surface area contributed by atoms with Crippen LogP contribution in [0.25, 0.3) is 0 Å². The number of benzene rings is 1. The minimum atomic E-state index is 0.323. The van der Waals surface area contributed by atoms with E-state index in [1.165, 1.54) is 0 Å². The maximum Gasteiger partial charge on any atom is 0.115 e. The molecule has 0 saturated carbocycles. The quantitative estimate of drug-likeness (QED) is 0.825. The molecule has 0 heterocycles. The molecule has 1 aromatic rings. The number of aryl methyl sites for hydroxylation is 1. The summed E-state index contributed by atoms with van der Waals surface area (Å²) in [4.78, 5) is 0. The molecular weight excluding hydrogens is 272 g/mol. The summed E-state index contributed by atoms with van der Waals surface area (Å²) in [7, 11) is 0. The van der Waals surface area contributed by atoms with E-state index in [2.05, 4.69) is 31.9 Å². The van der Waals surface area contributed by atoms with Crippen molar-refractivity contribution in [2.24, 2.45) is 0 Å². The maximum atomic E-state index is 9.13. The van der Waals surface area contributed by atoms with Gasteiger partial charge in [0, 0.05) is 9.80 Å². The highest BCUT2D eigenvalue weighted by molar-refractivity contribution is 9.10. The second kappa shape index (κ2) is 4.12. The van der Waals surface area contributed by atoms with Gasteiger partial charge in [-0.3, -0.25) is 0 Å². The first-order valence-electron chi connectivity index (χ1n) is 3.27. The van der Waals surface area contributed by atoms with Crippen molar-refractivity contribution in [3.05, 3.63) is 28.2 Å². The fourth-order valence-electron chi connectivity index (χ4n) is 0.855. The molecule has 0 bridgehead atoms. The molecule has 1 aromatic carbocycles. The Bertz CT molecular complexity index is 248. The minimum absolute atomic E-state index is 0.323. The van der Waals surface area contributed by atoms with Gasteiger partial charge in [-0.15, -0.1) is 0 Å². The van der Waals surface area contributed by atoms with Gasteiger partial charge in [0.25, 0.3) is 0 Å². The van der Waals surface area contributed by atoms with E-state index in [0.717, 1.165) is 21.8 Å². The number of hydrogen-bond acceptors (Lipinski definition) is 1. The van der Waals surface area contributed by atoms with Crippen molar-refractivity contribution in [3.8, 4) is 5.75 Å². The lowest BCUT2D eigenvalue weighted by atomic mass is 10.2.